The lowest BCUT2D eigenvalue weighted by Gasteiger charge is -2.13. The van der Waals surface area contributed by atoms with Crippen LogP contribution in [0.15, 0.2) is 128 Å². The number of pyridine rings is 3. The van der Waals surface area contributed by atoms with Crippen molar-refractivity contribution in [1.29, 1.82) is 0 Å². The minimum atomic E-state index is 0.821. The average Bonchev–Trinajstić information content (AvgIpc) is 3.34. The molecule has 0 aliphatic rings. The van der Waals surface area contributed by atoms with Crippen LogP contribution in [0.25, 0.3) is 61.4 Å². The topological polar surface area (TPSA) is 43.6 Å². The summed E-state index contributed by atoms with van der Waals surface area (Å²) >= 11 is 0. The lowest BCUT2D eigenvalue weighted by molar-refractivity contribution is 1.18. The van der Waals surface area contributed by atoms with E-state index in [0.717, 1.165) is 39.6 Å². The molecule has 0 saturated carbocycles. The van der Waals surface area contributed by atoms with Crippen molar-refractivity contribution >= 4 is 35.1 Å². The third-order valence-electron chi connectivity index (χ3n) is 7.01. The van der Waals surface area contributed by atoms with Crippen molar-refractivity contribution in [1.82, 2.24) is 19.5 Å². The number of benzene rings is 3. The molecule has 7 aromatic rings. The number of aromatic nitrogens is 4. The maximum atomic E-state index is 4.93. The number of fused-ring (bicyclic) bond motifs is 3. The predicted octanol–water partition coefficient (Wildman–Crippen LogP) is 6.23. The molecule has 0 unspecified atom stereocenters. The van der Waals surface area contributed by atoms with E-state index in [1.54, 1.807) is 12.4 Å². The van der Waals surface area contributed by atoms with Crippen LogP contribution in [0.1, 0.15) is 0 Å². The summed E-state index contributed by atoms with van der Waals surface area (Å²) in [5.74, 6) is 0. The van der Waals surface area contributed by atoms with E-state index >= 15 is 0 Å². The maximum absolute atomic E-state index is 4.93. The maximum Gasteiger partial charge on any atom is 0.142 e. The zero-order chi connectivity index (χ0) is 25.5. The highest BCUT2D eigenvalue weighted by atomic mass is 15.0. The number of para-hydroxylation sites is 2. The molecular formula is C33H23BN4. The first-order valence-electron chi connectivity index (χ1n) is 12.7. The first-order chi connectivity index (χ1) is 18.8. The molecule has 4 aromatic heterocycles. The van der Waals surface area contributed by atoms with Crippen molar-refractivity contribution < 1.29 is 0 Å². The van der Waals surface area contributed by atoms with E-state index in [2.05, 4.69) is 101 Å². The summed E-state index contributed by atoms with van der Waals surface area (Å²) in [5.41, 5.74) is 10.3. The van der Waals surface area contributed by atoms with Crippen molar-refractivity contribution in [2.45, 2.75) is 0 Å². The van der Waals surface area contributed by atoms with E-state index in [0.29, 0.717) is 0 Å². The van der Waals surface area contributed by atoms with E-state index in [4.69, 9.17) is 4.98 Å². The minimum Gasteiger partial charge on any atom is -0.310 e. The lowest BCUT2D eigenvalue weighted by Crippen LogP contribution is -2.08. The Balaban J connectivity index is 1.45. The average molecular weight is 486 g/mol. The molecule has 4 heterocycles. The van der Waals surface area contributed by atoms with Crippen LogP contribution in [0.5, 0.6) is 0 Å². The summed E-state index contributed by atoms with van der Waals surface area (Å²) in [6, 6.07) is 39.9. The van der Waals surface area contributed by atoms with E-state index in [1.807, 2.05) is 36.4 Å². The van der Waals surface area contributed by atoms with Crippen molar-refractivity contribution in [2.75, 3.05) is 0 Å². The van der Waals surface area contributed by atoms with E-state index < -0.39 is 0 Å². The molecule has 0 bridgehead atoms. The van der Waals surface area contributed by atoms with Crippen LogP contribution in [0.3, 0.4) is 0 Å². The van der Waals surface area contributed by atoms with Gasteiger partial charge in [0.2, 0.25) is 0 Å². The number of hydrogen-bond acceptors (Lipinski definition) is 3. The van der Waals surface area contributed by atoms with E-state index in [-0.39, 0.29) is 0 Å². The van der Waals surface area contributed by atoms with Gasteiger partial charge in [-0.25, -0.2) is 4.98 Å². The number of hydrogen-bond donors (Lipinski definition) is 0. The molecule has 38 heavy (non-hydrogen) atoms. The first-order valence-corrected chi connectivity index (χ1v) is 12.7. The van der Waals surface area contributed by atoms with Gasteiger partial charge in [-0.2, -0.15) is 0 Å². The minimum absolute atomic E-state index is 0.821. The molecule has 0 radical (unpaired) electrons. The van der Waals surface area contributed by atoms with Gasteiger partial charge in [0, 0.05) is 34.4 Å². The van der Waals surface area contributed by atoms with Gasteiger partial charge < -0.3 is 4.57 Å². The van der Waals surface area contributed by atoms with Gasteiger partial charge in [0.25, 0.3) is 0 Å². The fraction of sp³-hybridized carbons (Fsp3) is 0. The first kappa shape index (κ1) is 22.2. The zero-order valence-electron chi connectivity index (χ0n) is 20.9. The van der Waals surface area contributed by atoms with Gasteiger partial charge in [-0.15, -0.1) is 0 Å². The highest BCUT2D eigenvalue weighted by Gasteiger charge is 2.15. The number of nitrogens with zero attached hydrogens (tertiary/aromatic N) is 4. The molecule has 0 N–H and O–H groups in total. The Bertz CT molecular complexity index is 1870. The molecule has 5 heteroatoms. The molecule has 4 nitrogen and oxygen atoms in total. The third-order valence-corrected chi connectivity index (χ3v) is 7.01. The fourth-order valence-corrected chi connectivity index (χ4v) is 5.27. The van der Waals surface area contributed by atoms with Crippen LogP contribution >= 0.6 is 0 Å². The fourth-order valence-electron chi connectivity index (χ4n) is 5.27. The standard InChI is InChI=1S/C33H23BN4/c34-27-13-8-12-26-25-11-1-2-16-32(25)38(33(26)27)24-10-7-9-22(19-24)23-20-30(28-14-3-5-17-35-28)37-31(21-23)29-15-4-6-18-36-29/h1-21H,34H2. The molecule has 0 saturated heterocycles. The lowest BCUT2D eigenvalue weighted by atomic mass is 9.93. The molecule has 0 aliphatic carbocycles. The van der Waals surface area contributed by atoms with E-state index in [1.165, 1.54) is 27.3 Å². The monoisotopic (exact) mass is 486 g/mol. The summed E-state index contributed by atoms with van der Waals surface area (Å²) < 4.78 is 2.38. The Hall–Kier alpha value is -5.03. The molecule has 0 fully saturated rings. The van der Waals surface area contributed by atoms with Gasteiger partial charge in [-0.05, 0) is 65.7 Å². The predicted molar refractivity (Wildman–Crippen MR) is 159 cm³/mol. The Labute approximate surface area is 221 Å². The molecule has 7 rings (SSSR count). The van der Waals surface area contributed by atoms with Crippen LogP contribution in [-0.4, -0.2) is 27.4 Å². The summed E-state index contributed by atoms with van der Waals surface area (Å²) in [6.45, 7) is 0. The normalized spacial score (nSPS) is 11.3. The molecule has 3 aromatic carbocycles. The molecule has 178 valence electrons. The third kappa shape index (κ3) is 3.77. The number of rotatable bonds is 4. The molecule has 0 spiro atoms. The quantitative estimate of drug-likeness (QED) is 0.277. The van der Waals surface area contributed by atoms with Gasteiger partial charge in [0.1, 0.15) is 7.85 Å². The highest BCUT2D eigenvalue weighted by molar-refractivity contribution is 6.40. The molecule has 0 atom stereocenters. The van der Waals surface area contributed by atoms with Crippen molar-refractivity contribution in [3.63, 3.8) is 0 Å². The largest absolute Gasteiger partial charge is 0.310 e. The smallest absolute Gasteiger partial charge is 0.142 e. The summed E-state index contributed by atoms with van der Waals surface area (Å²) in [4.78, 5) is 14.1. The van der Waals surface area contributed by atoms with Gasteiger partial charge in [0.05, 0.1) is 28.3 Å². The van der Waals surface area contributed by atoms with Crippen molar-refractivity contribution in [3.8, 4) is 39.6 Å². The summed E-state index contributed by atoms with van der Waals surface area (Å²) in [5, 5.41) is 2.53. The van der Waals surface area contributed by atoms with Crippen LogP contribution in [-0.2, 0) is 0 Å². The second kappa shape index (κ2) is 9.13. The summed E-state index contributed by atoms with van der Waals surface area (Å²) in [6.07, 6.45) is 3.60. The molecule has 0 amide bonds. The Morgan fingerprint density at radius 2 is 1.18 bits per heavy atom. The van der Waals surface area contributed by atoms with Crippen molar-refractivity contribution in [2.24, 2.45) is 0 Å². The Kier molecular flexibility index (Phi) is 5.33. The van der Waals surface area contributed by atoms with Crippen LogP contribution in [0, 0.1) is 0 Å². The molecular weight excluding hydrogens is 463 g/mol. The highest BCUT2D eigenvalue weighted by Crippen LogP contribution is 2.34. The van der Waals surface area contributed by atoms with Crippen LogP contribution in [0.2, 0.25) is 0 Å². The second-order valence-corrected chi connectivity index (χ2v) is 9.43. The second-order valence-electron chi connectivity index (χ2n) is 9.43. The van der Waals surface area contributed by atoms with Crippen molar-refractivity contribution in [3.05, 3.63) is 128 Å². The SMILES string of the molecule is Bc1cccc2c3ccccc3n(-c3cccc(-c4cc(-c5ccccn5)nc(-c5ccccn5)c4)c3)c12. The Morgan fingerprint density at radius 3 is 1.89 bits per heavy atom. The van der Waals surface area contributed by atoms with Gasteiger partial charge in [-0.1, -0.05) is 66.1 Å². The van der Waals surface area contributed by atoms with Crippen LogP contribution < -0.4 is 5.46 Å². The Morgan fingerprint density at radius 1 is 0.526 bits per heavy atom. The van der Waals surface area contributed by atoms with Gasteiger partial charge in [-0.3, -0.25) is 9.97 Å². The summed E-state index contributed by atoms with van der Waals surface area (Å²) in [7, 11) is 2.18. The zero-order valence-corrected chi connectivity index (χ0v) is 20.9. The molecule has 0 aliphatic heterocycles. The van der Waals surface area contributed by atoms with E-state index in [9.17, 15) is 0 Å². The van der Waals surface area contributed by atoms with Gasteiger partial charge in [0.15, 0.2) is 0 Å². The van der Waals surface area contributed by atoms with Gasteiger partial charge >= 0.3 is 0 Å². The van der Waals surface area contributed by atoms with Crippen LogP contribution in [0.4, 0.5) is 0 Å².